The first-order valence-electron chi connectivity index (χ1n) is 8.06. The Morgan fingerprint density at radius 2 is 1.83 bits per heavy atom. The molecule has 0 fully saturated rings. The zero-order valence-electron chi connectivity index (χ0n) is 14.6. The van der Waals surface area contributed by atoms with Crippen molar-refractivity contribution < 1.29 is 9.53 Å². The Balaban J connectivity index is 1.88. The molecule has 1 aromatic carbocycles. The van der Waals surface area contributed by atoms with Crippen LogP contribution in [0.3, 0.4) is 0 Å². The highest BCUT2D eigenvalue weighted by Crippen LogP contribution is 2.20. The summed E-state index contributed by atoms with van der Waals surface area (Å²) in [6.07, 6.45) is 0. The lowest BCUT2D eigenvalue weighted by Crippen LogP contribution is -2.28. The van der Waals surface area contributed by atoms with Crippen molar-refractivity contribution in [3.63, 3.8) is 0 Å². The Morgan fingerprint density at radius 1 is 1.17 bits per heavy atom. The SMILES string of the molecule is Cc1ccc(OCCNC(=O)c2cc(C)n(C(C)C)c2C)cc1. The van der Waals surface area contributed by atoms with Crippen molar-refractivity contribution in [3.8, 4) is 5.75 Å². The molecule has 0 unspecified atom stereocenters. The number of amides is 1. The molecule has 0 saturated carbocycles. The predicted molar refractivity (Wildman–Crippen MR) is 93.3 cm³/mol. The molecule has 1 aromatic heterocycles. The minimum atomic E-state index is -0.0440. The highest BCUT2D eigenvalue weighted by molar-refractivity contribution is 5.95. The van der Waals surface area contributed by atoms with E-state index in [4.69, 9.17) is 4.74 Å². The second kappa shape index (κ2) is 7.36. The van der Waals surface area contributed by atoms with E-state index in [0.29, 0.717) is 19.2 Å². The van der Waals surface area contributed by atoms with Gasteiger partial charge in [0.1, 0.15) is 12.4 Å². The molecule has 4 heteroatoms. The highest BCUT2D eigenvalue weighted by atomic mass is 16.5. The third-order valence-electron chi connectivity index (χ3n) is 3.92. The van der Waals surface area contributed by atoms with Gasteiger partial charge in [0.2, 0.25) is 0 Å². The Hall–Kier alpha value is -2.23. The van der Waals surface area contributed by atoms with E-state index in [-0.39, 0.29) is 5.91 Å². The first kappa shape index (κ1) is 17.1. The standard InChI is InChI=1S/C19H26N2O2/c1-13(2)21-15(4)12-18(16(21)5)19(22)20-10-11-23-17-8-6-14(3)7-9-17/h6-9,12-13H,10-11H2,1-5H3,(H,20,22). The maximum atomic E-state index is 12.3. The molecule has 0 spiro atoms. The second-order valence-electron chi connectivity index (χ2n) is 6.17. The number of aromatic nitrogens is 1. The van der Waals surface area contributed by atoms with E-state index in [2.05, 4.69) is 23.7 Å². The molecule has 2 rings (SSSR count). The van der Waals surface area contributed by atoms with E-state index >= 15 is 0 Å². The first-order valence-corrected chi connectivity index (χ1v) is 8.06. The summed E-state index contributed by atoms with van der Waals surface area (Å²) in [6, 6.07) is 10.2. The number of nitrogens with one attached hydrogen (secondary N) is 1. The van der Waals surface area contributed by atoms with Gasteiger partial charge in [-0.15, -0.1) is 0 Å². The molecule has 0 aliphatic rings. The van der Waals surface area contributed by atoms with E-state index in [1.807, 2.05) is 51.1 Å². The van der Waals surface area contributed by atoms with Gasteiger partial charge in [0.25, 0.3) is 5.91 Å². The summed E-state index contributed by atoms with van der Waals surface area (Å²) >= 11 is 0. The van der Waals surface area contributed by atoms with Crippen molar-refractivity contribution in [1.29, 1.82) is 0 Å². The highest BCUT2D eigenvalue weighted by Gasteiger charge is 2.16. The van der Waals surface area contributed by atoms with Crippen LogP contribution in [0.1, 0.15) is 47.2 Å². The number of hydrogen-bond donors (Lipinski definition) is 1. The Kier molecular flexibility index (Phi) is 5.48. The number of aryl methyl sites for hydroxylation is 2. The van der Waals surface area contributed by atoms with E-state index in [1.165, 1.54) is 5.56 Å². The Morgan fingerprint density at radius 3 is 2.39 bits per heavy atom. The molecule has 1 amide bonds. The van der Waals surface area contributed by atoms with E-state index in [0.717, 1.165) is 22.7 Å². The molecule has 1 heterocycles. The normalized spacial score (nSPS) is 10.9. The molecule has 0 aliphatic carbocycles. The maximum Gasteiger partial charge on any atom is 0.253 e. The van der Waals surface area contributed by atoms with E-state index in [9.17, 15) is 4.79 Å². The van der Waals surface area contributed by atoms with Gasteiger partial charge in [0.15, 0.2) is 0 Å². The fourth-order valence-corrected chi connectivity index (χ4v) is 2.86. The Bertz CT molecular complexity index is 669. The Labute approximate surface area is 138 Å². The van der Waals surface area contributed by atoms with Crippen molar-refractivity contribution in [2.24, 2.45) is 0 Å². The number of carbonyl (C=O) groups excluding carboxylic acids is 1. The van der Waals surface area contributed by atoms with Crippen LogP contribution in [0.4, 0.5) is 0 Å². The summed E-state index contributed by atoms with van der Waals surface area (Å²) in [5, 5.41) is 2.92. The number of rotatable bonds is 6. The molecule has 0 bridgehead atoms. The average molecular weight is 314 g/mol. The third kappa shape index (κ3) is 4.15. The van der Waals surface area contributed by atoms with Crippen LogP contribution >= 0.6 is 0 Å². The molecule has 4 nitrogen and oxygen atoms in total. The van der Waals surface area contributed by atoms with Crippen LogP contribution in [-0.2, 0) is 0 Å². The first-order chi connectivity index (χ1) is 10.9. The van der Waals surface area contributed by atoms with Crippen LogP contribution in [0.2, 0.25) is 0 Å². The molecule has 0 saturated heterocycles. The fraction of sp³-hybridized carbons (Fsp3) is 0.421. The van der Waals surface area contributed by atoms with Gasteiger partial charge in [0, 0.05) is 17.4 Å². The molecular weight excluding hydrogens is 288 g/mol. The molecule has 1 N–H and O–H groups in total. The maximum absolute atomic E-state index is 12.3. The van der Waals surface area contributed by atoms with Crippen molar-refractivity contribution in [2.75, 3.05) is 13.2 Å². The minimum absolute atomic E-state index is 0.0440. The lowest BCUT2D eigenvalue weighted by Gasteiger charge is -2.13. The predicted octanol–water partition coefficient (Wildman–Crippen LogP) is 3.80. The van der Waals surface area contributed by atoms with Gasteiger partial charge in [-0.2, -0.15) is 0 Å². The van der Waals surface area contributed by atoms with E-state index < -0.39 is 0 Å². The summed E-state index contributed by atoms with van der Waals surface area (Å²) in [7, 11) is 0. The summed E-state index contributed by atoms with van der Waals surface area (Å²) < 4.78 is 7.80. The largest absolute Gasteiger partial charge is 0.492 e. The molecule has 0 radical (unpaired) electrons. The van der Waals surface area contributed by atoms with Crippen molar-refractivity contribution in [3.05, 3.63) is 52.8 Å². The van der Waals surface area contributed by atoms with Crippen molar-refractivity contribution in [1.82, 2.24) is 9.88 Å². The summed E-state index contributed by atoms with van der Waals surface area (Å²) in [4.78, 5) is 12.3. The van der Waals surface area contributed by atoms with Crippen LogP contribution in [-0.4, -0.2) is 23.6 Å². The van der Waals surface area contributed by atoms with Crippen molar-refractivity contribution in [2.45, 2.75) is 40.7 Å². The smallest absolute Gasteiger partial charge is 0.253 e. The number of hydrogen-bond acceptors (Lipinski definition) is 2. The summed E-state index contributed by atoms with van der Waals surface area (Å²) in [5.41, 5.74) is 4.06. The summed E-state index contributed by atoms with van der Waals surface area (Å²) in [6.45, 7) is 11.2. The lowest BCUT2D eigenvalue weighted by atomic mass is 10.2. The number of nitrogens with zero attached hydrogens (tertiary/aromatic N) is 1. The topological polar surface area (TPSA) is 43.3 Å². The quantitative estimate of drug-likeness (QED) is 0.824. The second-order valence-corrected chi connectivity index (χ2v) is 6.17. The van der Waals surface area contributed by atoms with E-state index in [1.54, 1.807) is 0 Å². The van der Waals surface area contributed by atoms with Gasteiger partial charge in [-0.3, -0.25) is 4.79 Å². The monoisotopic (exact) mass is 314 g/mol. The van der Waals surface area contributed by atoms with Gasteiger partial charge in [0.05, 0.1) is 12.1 Å². The van der Waals surface area contributed by atoms with Gasteiger partial charge in [-0.05, 0) is 52.8 Å². The van der Waals surface area contributed by atoms with Gasteiger partial charge < -0.3 is 14.6 Å². The lowest BCUT2D eigenvalue weighted by molar-refractivity contribution is 0.0946. The fourth-order valence-electron chi connectivity index (χ4n) is 2.86. The van der Waals surface area contributed by atoms with Crippen LogP contribution in [0.15, 0.2) is 30.3 Å². The number of ether oxygens (including phenoxy) is 1. The molecule has 0 aliphatic heterocycles. The number of benzene rings is 1. The van der Waals surface area contributed by atoms with Gasteiger partial charge in [-0.1, -0.05) is 17.7 Å². The molecule has 124 valence electrons. The zero-order chi connectivity index (χ0) is 17.0. The number of carbonyl (C=O) groups is 1. The van der Waals surface area contributed by atoms with Gasteiger partial charge >= 0.3 is 0 Å². The van der Waals surface area contributed by atoms with Crippen LogP contribution in [0, 0.1) is 20.8 Å². The minimum Gasteiger partial charge on any atom is -0.492 e. The third-order valence-corrected chi connectivity index (χ3v) is 3.92. The van der Waals surface area contributed by atoms with Gasteiger partial charge in [-0.25, -0.2) is 0 Å². The van der Waals surface area contributed by atoms with Crippen LogP contribution in [0.5, 0.6) is 5.75 Å². The van der Waals surface area contributed by atoms with Crippen LogP contribution in [0.25, 0.3) is 0 Å². The van der Waals surface area contributed by atoms with Crippen molar-refractivity contribution >= 4 is 5.91 Å². The average Bonchev–Trinajstić information content (AvgIpc) is 2.80. The molecular formula is C19H26N2O2. The molecule has 2 aromatic rings. The molecule has 0 atom stereocenters. The molecule has 23 heavy (non-hydrogen) atoms. The zero-order valence-corrected chi connectivity index (χ0v) is 14.6. The van der Waals surface area contributed by atoms with Crippen LogP contribution < -0.4 is 10.1 Å². The summed E-state index contributed by atoms with van der Waals surface area (Å²) in [5.74, 6) is 0.778.